The summed E-state index contributed by atoms with van der Waals surface area (Å²) in [5, 5.41) is 7.39. The normalized spacial score (nSPS) is 12.5. The SMILES string of the molecule is Cc1c(C(=O)NCCc2ccc3c(c2)CCO3)cnn1Cc1ccccc1. The molecule has 5 nitrogen and oxygen atoms in total. The van der Waals surface area contributed by atoms with Crippen molar-refractivity contribution in [3.63, 3.8) is 0 Å². The average Bonchev–Trinajstić information content (AvgIpc) is 3.29. The van der Waals surface area contributed by atoms with E-state index in [1.165, 1.54) is 11.1 Å². The van der Waals surface area contributed by atoms with Gasteiger partial charge < -0.3 is 10.1 Å². The van der Waals surface area contributed by atoms with E-state index >= 15 is 0 Å². The zero-order chi connectivity index (χ0) is 18.6. The fraction of sp³-hybridized carbons (Fsp3) is 0.273. The maximum atomic E-state index is 12.5. The van der Waals surface area contributed by atoms with Crippen LogP contribution in [0.3, 0.4) is 0 Å². The summed E-state index contributed by atoms with van der Waals surface area (Å²) in [4.78, 5) is 12.5. The number of hydrogen-bond donors (Lipinski definition) is 1. The lowest BCUT2D eigenvalue weighted by molar-refractivity contribution is 0.0953. The van der Waals surface area contributed by atoms with E-state index in [1.54, 1.807) is 6.20 Å². The van der Waals surface area contributed by atoms with Crippen LogP contribution in [0.1, 0.15) is 32.7 Å². The van der Waals surface area contributed by atoms with Crippen molar-refractivity contribution in [3.8, 4) is 5.75 Å². The van der Waals surface area contributed by atoms with Gasteiger partial charge in [0.05, 0.1) is 24.9 Å². The van der Waals surface area contributed by atoms with Crippen LogP contribution in [0, 0.1) is 6.92 Å². The molecular weight excluding hydrogens is 338 g/mol. The van der Waals surface area contributed by atoms with E-state index in [2.05, 4.69) is 34.7 Å². The Morgan fingerprint density at radius 2 is 2.04 bits per heavy atom. The zero-order valence-corrected chi connectivity index (χ0v) is 15.4. The third kappa shape index (κ3) is 3.87. The standard InChI is InChI=1S/C22H23N3O2/c1-16-20(14-24-25(16)15-18-5-3-2-4-6-18)22(26)23-11-9-17-7-8-21-19(13-17)10-12-27-21/h2-8,13-14H,9-12,15H2,1H3,(H,23,26). The maximum Gasteiger partial charge on any atom is 0.254 e. The van der Waals surface area contributed by atoms with Crippen LogP contribution in [-0.2, 0) is 19.4 Å². The summed E-state index contributed by atoms with van der Waals surface area (Å²) in [7, 11) is 0. The third-order valence-corrected chi connectivity index (χ3v) is 4.98. The van der Waals surface area contributed by atoms with Gasteiger partial charge in [0.2, 0.25) is 0 Å². The Balaban J connectivity index is 1.34. The van der Waals surface area contributed by atoms with Crippen molar-refractivity contribution in [3.05, 3.63) is 82.7 Å². The van der Waals surface area contributed by atoms with E-state index in [4.69, 9.17) is 4.74 Å². The first-order valence-corrected chi connectivity index (χ1v) is 9.30. The zero-order valence-electron chi connectivity index (χ0n) is 15.4. The van der Waals surface area contributed by atoms with E-state index in [-0.39, 0.29) is 5.91 Å². The minimum Gasteiger partial charge on any atom is -0.493 e. The minimum atomic E-state index is -0.0729. The van der Waals surface area contributed by atoms with Gasteiger partial charge in [-0.15, -0.1) is 0 Å². The summed E-state index contributed by atoms with van der Waals surface area (Å²) >= 11 is 0. The molecule has 0 unspecified atom stereocenters. The highest BCUT2D eigenvalue weighted by molar-refractivity contribution is 5.95. The quantitative estimate of drug-likeness (QED) is 0.734. The van der Waals surface area contributed by atoms with Crippen molar-refractivity contribution in [2.45, 2.75) is 26.3 Å². The Morgan fingerprint density at radius 3 is 2.89 bits per heavy atom. The maximum absolute atomic E-state index is 12.5. The number of carbonyl (C=O) groups excluding carboxylic acids is 1. The molecule has 5 heteroatoms. The Labute approximate surface area is 159 Å². The molecule has 0 aliphatic carbocycles. The Kier molecular flexibility index (Phi) is 4.92. The summed E-state index contributed by atoms with van der Waals surface area (Å²) in [6.07, 6.45) is 3.42. The van der Waals surface area contributed by atoms with Crippen LogP contribution in [0.4, 0.5) is 0 Å². The number of nitrogens with one attached hydrogen (secondary N) is 1. The number of benzene rings is 2. The molecule has 2 aromatic carbocycles. The highest BCUT2D eigenvalue weighted by Gasteiger charge is 2.15. The second-order valence-electron chi connectivity index (χ2n) is 6.83. The molecule has 1 amide bonds. The number of aromatic nitrogens is 2. The number of amides is 1. The van der Waals surface area contributed by atoms with E-state index in [1.807, 2.05) is 35.9 Å². The molecule has 0 radical (unpaired) electrons. The first kappa shape index (κ1) is 17.3. The van der Waals surface area contributed by atoms with Gasteiger partial charge in [-0.05, 0) is 36.1 Å². The van der Waals surface area contributed by atoms with Crippen LogP contribution in [-0.4, -0.2) is 28.8 Å². The van der Waals surface area contributed by atoms with Gasteiger partial charge in [-0.1, -0.05) is 42.5 Å². The van der Waals surface area contributed by atoms with Gasteiger partial charge in [0, 0.05) is 18.7 Å². The largest absolute Gasteiger partial charge is 0.493 e. The highest BCUT2D eigenvalue weighted by Crippen LogP contribution is 2.25. The number of nitrogens with zero attached hydrogens (tertiary/aromatic N) is 2. The predicted molar refractivity (Wildman–Crippen MR) is 104 cm³/mol. The Bertz CT molecular complexity index is 947. The van der Waals surface area contributed by atoms with Gasteiger partial charge in [0.1, 0.15) is 5.75 Å². The lowest BCUT2D eigenvalue weighted by atomic mass is 10.1. The van der Waals surface area contributed by atoms with Crippen molar-refractivity contribution in [2.75, 3.05) is 13.2 Å². The van der Waals surface area contributed by atoms with Gasteiger partial charge in [-0.2, -0.15) is 5.10 Å². The molecule has 3 aromatic rings. The van der Waals surface area contributed by atoms with E-state index in [0.717, 1.165) is 36.5 Å². The first-order valence-electron chi connectivity index (χ1n) is 9.30. The average molecular weight is 361 g/mol. The number of ether oxygens (including phenoxy) is 1. The van der Waals surface area contributed by atoms with Crippen molar-refractivity contribution in [2.24, 2.45) is 0 Å². The van der Waals surface area contributed by atoms with Crippen molar-refractivity contribution in [1.29, 1.82) is 0 Å². The molecule has 4 rings (SSSR count). The van der Waals surface area contributed by atoms with Crippen LogP contribution in [0.25, 0.3) is 0 Å². The molecule has 27 heavy (non-hydrogen) atoms. The van der Waals surface area contributed by atoms with E-state index in [0.29, 0.717) is 18.7 Å². The van der Waals surface area contributed by atoms with E-state index < -0.39 is 0 Å². The van der Waals surface area contributed by atoms with Crippen LogP contribution in [0.2, 0.25) is 0 Å². The van der Waals surface area contributed by atoms with Crippen LogP contribution in [0.15, 0.2) is 54.7 Å². The first-order chi connectivity index (χ1) is 13.2. The Hall–Kier alpha value is -3.08. The minimum absolute atomic E-state index is 0.0729. The van der Waals surface area contributed by atoms with E-state index in [9.17, 15) is 4.79 Å². The smallest absolute Gasteiger partial charge is 0.254 e. The molecule has 0 atom stereocenters. The van der Waals surface area contributed by atoms with Crippen molar-refractivity contribution < 1.29 is 9.53 Å². The van der Waals surface area contributed by atoms with Crippen LogP contribution in [0.5, 0.6) is 5.75 Å². The molecule has 0 saturated carbocycles. The molecule has 0 spiro atoms. The molecule has 0 bridgehead atoms. The van der Waals surface area contributed by atoms with Gasteiger partial charge in [-0.3, -0.25) is 9.48 Å². The lowest BCUT2D eigenvalue weighted by Gasteiger charge is -2.08. The molecule has 0 saturated heterocycles. The van der Waals surface area contributed by atoms with Gasteiger partial charge in [0.25, 0.3) is 5.91 Å². The van der Waals surface area contributed by atoms with Gasteiger partial charge in [-0.25, -0.2) is 0 Å². The fourth-order valence-electron chi connectivity index (χ4n) is 3.40. The number of fused-ring (bicyclic) bond motifs is 1. The predicted octanol–water partition coefficient (Wildman–Crippen LogP) is 3.15. The summed E-state index contributed by atoms with van der Waals surface area (Å²) in [5.41, 5.74) is 5.16. The van der Waals surface area contributed by atoms with Gasteiger partial charge in [0.15, 0.2) is 0 Å². The number of carbonyl (C=O) groups is 1. The molecule has 2 heterocycles. The molecule has 1 N–H and O–H groups in total. The molecule has 1 aliphatic rings. The second kappa shape index (κ2) is 7.66. The molecular formula is C22H23N3O2. The van der Waals surface area contributed by atoms with Crippen LogP contribution < -0.4 is 10.1 Å². The lowest BCUT2D eigenvalue weighted by Crippen LogP contribution is -2.26. The molecule has 1 aliphatic heterocycles. The van der Waals surface area contributed by atoms with Gasteiger partial charge >= 0.3 is 0 Å². The molecule has 138 valence electrons. The summed E-state index contributed by atoms with van der Waals surface area (Å²) in [6.45, 7) is 3.96. The monoisotopic (exact) mass is 361 g/mol. The third-order valence-electron chi connectivity index (χ3n) is 4.98. The fourth-order valence-corrected chi connectivity index (χ4v) is 3.40. The molecule has 0 fully saturated rings. The number of rotatable bonds is 6. The number of hydrogen-bond acceptors (Lipinski definition) is 3. The van der Waals surface area contributed by atoms with Crippen molar-refractivity contribution in [1.82, 2.24) is 15.1 Å². The second-order valence-corrected chi connectivity index (χ2v) is 6.83. The van der Waals surface area contributed by atoms with Crippen molar-refractivity contribution >= 4 is 5.91 Å². The summed E-state index contributed by atoms with van der Waals surface area (Å²) in [6, 6.07) is 16.4. The highest BCUT2D eigenvalue weighted by atomic mass is 16.5. The summed E-state index contributed by atoms with van der Waals surface area (Å²) in [5.74, 6) is 0.917. The van der Waals surface area contributed by atoms with Crippen LogP contribution >= 0.6 is 0 Å². The Morgan fingerprint density at radius 1 is 1.19 bits per heavy atom. The topological polar surface area (TPSA) is 56.1 Å². The summed E-state index contributed by atoms with van der Waals surface area (Å²) < 4.78 is 7.40. The molecule has 1 aromatic heterocycles.